The summed E-state index contributed by atoms with van der Waals surface area (Å²) < 4.78 is 0. The third-order valence-corrected chi connectivity index (χ3v) is 3.40. The third kappa shape index (κ3) is 4.91. The Hall–Kier alpha value is -2.04. The van der Waals surface area contributed by atoms with Crippen LogP contribution in [0.15, 0.2) is 24.3 Å². The van der Waals surface area contributed by atoms with Gasteiger partial charge in [-0.1, -0.05) is 25.0 Å². The number of benzene rings is 1. The molecular formula is C15H20N2O3. The van der Waals surface area contributed by atoms with Crippen LogP contribution in [0.3, 0.4) is 0 Å². The molecular weight excluding hydrogens is 256 g/mol. The second-order valence-electron chi connectivity index (χ2n) is 5.20. The summed E-state index contributed by atoms with van der Waals surface area (Å²) in [6.07, 6.45) is 4.89. The molecule has 1 fully saturated rings. The van der Waals surface area contributed by atoms with E-state index in [2.05, 4.69) is 10.6 Å². The molecule has 0 spiro atoms. The van der Waals surface area contributed by atoms with Crippen LogP contribution >= 0.6 is 0 Å². The molecule has 1 aromatic carbocycles. The highest BCUT2D eigenvalue weighted by Crippen LogP contribution is 2.33. The molecule has 1 aliphatic carbocycles. The first-order valence-electron chi connectivity index (χ1n) is 6.99. The van der Waals surface area contributed by atoms with Crippen LogP contribution in [-0.4, -0.2) is 23.7 Å². The number of hydrogen-bond acceptors (Lipinski definition) is 2. The summed E-state index contributed by atoms with van der Waals surface area (Å²) in [6.45, 7) is 1.02. The van der Waals surface area contributed by atoms with Crippen LogP contribution in [0.2, 0.25) is 0 Å². The lowest BCUT2D eigenvalue weighted by Gasteiger charge is -2.08. The molecule has 108 valence electrons. The first-order chi connectivity index (χ1) is 9.65. The molecule has 0 saturated heterocycles. The van der Waals surface area contributed by atoms with Gasteiger partial charge in [-0.3, -0.25) is 0 Å². The lowest BCUT2D eigenvalue weighted by atomic mass is 10.1. The zero-order valence-electron chi connectivity index (χ0n) is 11.4. The van der Waals surface area contributed by atoms with Gasteiger partial charge >= 0.3 is 12.0 Å². The minimum absolute atomic E-state index is 0.207. The van der Waals surface area contributed by atoms with Crippen molar-refractivity contribution in [2.75, 3.05) is 6.54 Å². The molecule has 3 N–H and O–H groups in total. The fourth-order valence-electron chi connectivity index (χ4n) is 2.06. The highest BCUT2D eigenvalue weighted by Gasteiger charge is 2.20. The van der Waals surface area contributed by atoms with Gasteiger partial charge in [0.1, 0.15) is 0 Å². The van der Waals surface area contributed by atoms with Gasteiger partial charge in [0.25, 0.3) is 0 Å². The van der Waals surface area contributed by atoms with Gasteiger partial charge in [0.15, 0.2) is 0 Å². The van der Waals surface area contributed by atoms with Crippen LogP contribution in [0.25, 0.3) is 0 Å². The normalized spacial score (nSPS) is 13.8. The molecule has 1 saturated carbocycles. The van der Waals surface area contributed by atoms with E-state index >= 15 is 0 Å². The zero-order chi connectivity index (χ0) is 14.4. The maximum absolute atomic E-state index is 11.6. The Morgan fingerprint density at radius 2 is 2.05 bits per heavy atom. The first-order valence-corrected chi connectivity index (χ1v) is 6.99. The Morgan fingerprint density at radius 3 is 2.75 bits per heavy atom. The van der Waals surface area contributed by atoms with Crippen LogP contribution in [0.1, 0.15) is 41.6 Å². The standard InChI is InChI=1S/C15H20N2O3/c18-14(19)13-5-1-3-12(9-13)10-17-15(20)16-8-2-4-11-6-7-11/h1,3,5,9,11H,2,4,6-8,10H2,(H,18,19)(H2,16,17,20). The number of nitrogens with one attached hydrogen (secondary N) is 2. The van der Waals surface area contributed by atoms with Gasteiger partial charge in [0, 0.05) is 13.1 Å². The fourth-order valence-corrected chi connectivity index (χ4v) is 2.06. The molecule has 1 aromatic rings. The van der Waals surface area contributed by atoms with E-state index in [-0.39, 0.29) is 11.6 Å². The van der Waals surface area contributed by atoms with Crippen LogP contribution in [-0.2, 0) is 6.54 Å². The molecule has 0 bridgehead atoms. The maximum Gasteiger partial charge on any atom is 0.335 e. The topological polar surface area (TPSA) is 78.4 Å². The van der Waals surface area contributed by atoms with E-state index in [4.69, 9.17) is 5.11 Å². The van der Waals surface area contributed by atoms with E-state index < -0.39 is 5.97 Å². The smallest absolute Gasteiger partial charge is 0.335 e. The Kier molecular flexibility index (Phi) is 4.98. The van der Waals surface area contributed by atoms with E-state index in [1.807, 2.05) is 0 Å². The Labute approximate surface area is 118 Å². The number of carboxylic acids is 1. The van der Waals surface area contributed by atoms with Crippen LogP contribution in [0.5, 0.6) is 0 Å². The Balaban J connectivity index is 1.66. The second-order valence-corrected chi connectivity index (χ2v) is 5.20. The number of carboxylic acid groups (broad SMARTS) is 1. The first kappa shape index (κ1) is 14.4. The predicted octanol–water partition coefficient (Wildman–Crippen LogP) is 2.37. The van der Waals surface area contributed by atoms with Crippen molar-refractivity contribution in [2.45, 2.75) is 32.2 Å². The summed E-state index contributed by atoms with van der Waals surface area (Å²) in [7, 11) is 0. The lowest BCUT2D eigenvalue weighted by molar-refractivity contribution is 0.0696. The molecule has 0 heterocycles. The quantitative estimate of drug-likeness (QED) is 0.669. The number of carbonyl (C=O) groups excluding carboxylic acids is 1. The average molecular weight is 276 g/mol. The molecule has 5 nitrogen and oxygen atoms in total. The van der Waals surface area contributed by atoms with Gasteiger partial charge in [0.05, 0.1) is 5.56 Å². The van der Waals surface area contributed by atoms with Crippen molar-refractivity contribution in [1.82, 2.24) is 10.6 Å². The molecule has 20 heavy (non-hydrogen) atoms. The van der Waals surface area contributed by atoms with E-state index in [1.165, 1.54) is 25.3 Å². The molecule has 0 unspecified atom stereocenters. The summed E-state index contributed by atoms with van der Waals surface area (Å²) in [5.74, 6) is -0.0741. The lowest BCUT2D eigenvalue weighted by Crippen LogP contribution is -2.35. The molecule has 2 amide bonds. The van der Waals surface area contributed by atoms with Crippen LogP contribution < -0.4 is 10.6 Å². The van der Waals surface area contributed by atoms with Gasteiger partial charge in [-0.2, -0.15) is 0 Å². The number of amides is 2. The van der Waals surface area contributed by atoms with E-state index in [0.717, 1.165) is 17.9 Å². The van der Waals surface area contributed by atoms with Crippen molar-refractivity contribution >= 4 is 12.0 Å². The van der Waals surface area contributed by atoms with Crippen molar-refractivity contribution in [3.05, 3.63) is 35.4 Å². The van der Waals surface area contributed by atoms with Crippen molar-refractivity contribution in [3.8, 4) is 0 Å². The van der Waals surface area contributed by atoms with Gasteiger partial charge in [-0.15, -0.1) is 0 Å². The highest BCUT2D eigenvalue weighted by atomic mass is 16.4. The van der Waals surface area contributed by atoms with Crippen LogP contribution in [0.4, 0.5) is 4.79 Å². The second kappa shape index (κ2) is 6.93. The molecule has 5 heteroatoms. The van der Waals surface area contributed by atoms with E-state index in [1.54, 1.807) is 18.2 Å². The molecule has 2 rings (SSSR count). The van der Waals surface area contributed by atoms with Crippen molar-refractivity contribution in [1.29, 1.82) is 0 Å². The summed E-state index contributed by atoms with van der Waals surface area (Å²) in [5.41, 5.74) is 1.01. The van der Waals surface area contributed by atoms with Gasteiger partial charge in [-0.05, 0) is 36.5 Å². The van der Waals surface area contributed by atoms with Gasteiger partial charge in [0.2, 0.25) is 0 Å². The summed E-state index contributed by atoms with van der Waals surface area (Å²) >= 11 is 0. The number of carbonyl (C=O) groups is 2. The van der Waals surface area contributed by atoms with Gasteiger partial charge < -0.3 is 15.7 Å². The Morgan fingerprint density at radius 1 is 1.25 bits per heavy atom. The number of rotatable bonds is 7. The molecule has 0 atom stereocenters. The summed E-state index contributed by atoms with van der Waals surface area (Å²) in [4.78, 5) is 22.4. The molecule has 1 aliphatic rings. The molecule has 0 aliphatic heterocycles. The van der Waals surface area contributed by atoms with E-state index in [9.17, 15) is 9.59 Å². The molecule has 0 radical (unpaired) electrons. The largest absolute Gasteiger partial charge is 0.478 e. The third-order valence-electron chi connectivity index (χ3n) is 3.40. The zero-order valence-corrected chi connectivity index (χ0v) is 11.4. The maximum atomic E-state index is 11.6. The van der Waals surface area contributed by atoms with Crippen molar-refractivity contribution in [2.24, 2.45) is 5.92 Å². The minimum atomic E-state index is -0.962. The monoisotopic (exact) mass is 276 g/mol. The van der Waals surface area contributed by atoms with Crippen LogP contribution in [0, 0.1) is 5.92 Å². The van der Waals surface area contributed by atoms with E-state index in [0.29, 0.717) is 13.1 Å². The Bertz CT molecular complexity index is 484. The number of urea groups is 1. The highest BCUT2D eigenvalue weighted by molar-refractivity contribution is 5.87. The fraction of sp³-hybridized carbons (Fsp3) is 0.467. The summed E-state index contributed by atoms with van der Waals surface area (Å²) in [5, 5.41) is 14.4. The SMILES string of the molecule is O=C(NCCCC1CC1)NCc1cccc(C(=O)O)c1. The van der Waals surface area contributed by atoms with Crippen molar-refractivity contribution < 1.29 is 14.7 Å². The molecule has 0 aromatic heterocycles. The summed E-state index contributed by atoms with van der Waals surface area (Å²) in [6, 6.07) is 6.36. The average Bonchev–Trinajstić information content (AvgIpc) is 3.26. The number of aromatic carboxylic acids is 1. The predicted molar refractivity (Wildman–Crippen MR) is 75.6 cm³/mol. The minimum Gasteiger partial charge on any atom is -0.478 e. The van der Waals surface area contributed by atoms with Gasteiger partial charge in [-0.25, -0.2) is 9.59 Å². The number of hydrogen-bond donors (Lipinski definition) is 3. The van der Waals surface area contributed by atoms with Crippen molar-refractivity contribution in [3.63, 3.8) is 0 Å².